The summed E-state index contributed by atoms with van der Waals surface area (Å²) in [5.41, 5.74) is 0.355. The summed E-state index contributed by atoms with van der Waals surface area (Å²) in [6.45, 7) is 4.32. The van der Waals surface area contributed by atoms with E-state index in [1.165, 1.54) is 0 Å². The Morgan fingerprint density at radius 1 is 1.05 bits per heavy atom. The monoisotopic (exact) mass is 533 g/mol. The van der Waals surface area contributed by atoms with Crippen LogP contribution in [0.1, 0.15) is 66.3 Å². The number of aromatic hydroxyl groups is 1. The van der Waals surface area contributed by atoms with Gasteiger partial charge in [-0.25, -0.2) is 0 Å². The van der Waals surface area contributed by atoms with Gasteiger partial charge in [-0.1, -0.05) is 12.1 Å². The van der Waals surface area contributed by atoms with Crippen LogP contribution >= 0.6 is 0 Å². The van der Waals surface area contributed by atoms with E-state index in [1.807, 2.05) is 13.8 Å². The molecule has 10 heteroatoms. The van der Waals surface area contributed by atoms with E-state index in [0.717, 1.165) is 12.8 Å². The van der Waals surface area contributed by atoms with Crippen LogP contribution in [0.4, 0.5) is 0 Å². The molecule has 3 aromatic rings. The van der Waals surface area contributed by atoms with Crippen molar-refractivity contribution in [1.82, 2.24) is 25.1 Å². The number of aliphatic hydroxyl groups excluding tert-OH is 1. The van der Waals surface area contributed by atoms with Gasteiger partial charge in [0.2, 0.25) is 0 Å². The molecule has 2 fully saturated rings. The molecular formula is C29H35N5O5. The van der Waals surface area contributed by atoms with Gasteiger partial charge >= 0.3 is 0 Å². The van der Waals surface area contributed by atoms with E-state index >= 15 is 0 Å². The Kier molecular flexibility index (Phi) is 7.67. The second-order valence-corrected chi connectivity index (χ2v) is 10.8. The van der Waals surface area contributed by atoms with E-state index in [1.54, 1.807) is 53.4 Å². The van der Waals surface area contributed by atoms with Gasteiger partial charge in [-0.15, -0.1) is 0 Å². The number of hydrogen-bond acceptors (Lipinski definition) is 7. The van der Waals surface area contributed by atoms with Gasteiger partial charge < -0.3 is 25.4 Å². The third kappa shape index (κ3) is 5.39. The van der Waals surface area contributed by atoms with Crippen LogP contribution in [0.5, 0.6) is 5.75 Å². The van der Waals surface area contributed by atoms with Gasteiger partial charge in [0, 0.05) is 60.6 Å². The lowest BCUT2D eigenvalue weighted by Crippen LogP contribution is -2.53. The third-order valence-electron chi connectivity index (χ3n) is 7.91. The number of nitrogens with zero attached hydrogens (tertiary/aromatic N) is 3. The molecule has 2 aromatic heterocycles. The van der Waals surface area contributed by atoms with Gasteiger partial charge in [-0.3, -0.25) is 24.3 Å². The quantitative estimate of drug-likeness (QED) is 0.348. The Labute approximate surface area is 226 Å². The lowest BCUT2D eigenvalue weighted by Gasteiger charge is -2.40. The van der Waals surface area contributed by atoms with Gasteiger partial charge in [0.25, 0.3) is 17.4 Å². The summed E-state index contributed by atoms with van der Waals surface area (Å²) in [4.78, 5) is 45.1. The number of para-hydroxylation sites is 1. The number of amides is 2. The Hall–Kier alpha value is -3.76. The average molecular weight is 534 g/mol. The van der Waals surface area contributed by atoms with Crippen molar-refractivity contribution in [1.29, 1.82) is 0 Å². The van der Waals surface area contributed by atoms with Gasteiger partial charge in [-0.2, -0.15) is 0 Å². The number of rotatable bonds is 8. The van der Waals surface area contributed by atoms with Crippen molar-refractivity contribution < 1.29 is 19.8 Å². The molecule has 0 spiro atoms. The predicted octanol–water partition coefficient (Wildman–Crippen LogP) is 2.20. The summed E-state index contributed by atoms with van der Waals surface area (Å²) < 4.78 is 1.55. The van der Waals surface area contributed by atoms with Gasteiger partial charge in [0.1, 0.15) is 11.3 Å². The number of aliphatic hydroxyl groups is 1. The maximum Gasteiger partial charge on any atom is 0.267 e. The van der Waals surface area contributed by atoms with E-state index in [9.17, 15) is 24.6 Å². The summed E-state index contributed by atoms with van der Waals surface area (Å²) in [5.74, 6) is -1.11. The molecule has 1 aromatic carbocycles. The zero-order valence-corrected chi connectivity index (χ0v) is 22.2. The standard InChI is InChI=1S/C29H35N5O5/c1-17(2)34-24-6-4-3-5-23(24)26(36)25(29(34)39)28(38)32-19-13-20-7-8-21(14-19)33(20)16-22(35)15-31-27(37)18-9-11-30-12-10-18/h3-6,9-12,17,19-22,35-36H,7-8,13-16H2,1-2H3,(H,31,37)(H,32,38)/t19?,20-,21+,22?. The molecule has 2 unspecified atom stereocenters. The zero-order valence-electron chi connectivity index (χ0n) is 22.2. The van der Waals surface area contributed by atoms with Crippen molar-refractivity contribution in [2.45, 2.75) is 69.8 Å². The van der Waals surface area contributed by atoms with E-state index in [2.05, 4.69) is 20.5 Å². The zero-order chi connectivity index (χ0) is 27.7. The van der Waals surface area contributed by atoms with Crippen LogP contribution < -0.4 is 16.2 Å². The van der Waals surface area contributed by atoms with Crippen LogP contribution in [-0.4, -0.2) is 73.8 Å². The van der Waals surface area contributed by atoms with Gasteiger partial charge in [-0.05, 0) is 63.8 Å². The molecule has 4 heterocycles. The van der Waals surface area contributed by atoms with Crippen molar-refractivity contribution in [3.63, 3.8) is 0 Å². The molecule has 0 radical (unpaired) electrons. The molecule has 2 bridgehead atoms. The maximum atomic E-state index is 13.3. The van der Waals surface area contributed by atoms with Crippen molar-refractivity contribution in [3.8, 4) is 5.75 Å². The van der Waals surface area contributed by atoms with Crippen LogP contribution in [0.2, 0.25) is 0 Å². The summed E-state index contributed by atoms with van der Waals surface area (Å²) >= 11 is 0. The summed E-state index contributed by atoms with van der Waals surface area (Å²) in [6.07, 6.45) is 5.65. The minimum absolute atomic E-state index is 0.140. The number of aromatic nitrogens is 2. The van der Waals surface area contributed by atoms with E-state index in [4.69, 9.17) is 0 Å². The second-order valence-electron chi connectivity index (χ2n) is 10.8. The number of nitrogens with one attached hydrogen (secondary N) is 2. The van der Waals surface area contributed by atoms with Crippen LogP contribution in [0.15, 0.2) is 53.6 Å². The van der Waals surface area contributed by atoms with E-state index < -0.39 is 17.6 Å². The molecule has 0 saturated carbocycles. The lowest BCUT2D eigenvalue weighted by atomic mass is 9.96. The first kappa shape index (κ1) is 26.8. The SMILES string of the molecule is CC(C)n1c(=O)c(C(=O)NC2C[C@H]3CC[C@@H](C2)N3CC(O)CNC(=O)c2ccncc2)c(O)c2ccccc21. The summed E-state index contributed by atoms with van der Waals surface area (Å²) in [5, 5.41) is 27.8. The van der Waals surface area contributed by atoms with Crippen molar-refractivity contribution in [2.75, 3.05) is 13.1 Å². The number of hydrogen-bond donors (Lipinski definition) is 4. The lowest BCUT2D eigenvalue weighted by molar-refractivity contribution is 0.0493. The fourth-order valence-corrected chi connectivity index (χ4v) is 6.14. The molecule has 5 rings (SSSR count). The minimum Gasteiger partial charge on any atom is -0.506 e. The number of pyridine rings is 2. The minimum atomic E-state index is -0.728. The van der Waals surface area contributed by atoms with Gasteiger partial charge in [0.15, 0.2) is 0 Å². The highest BCUT2D eigenvalue weighted by Gasteiger charge is 2.42. The molecule has 4 atom stereocenters. The van der Waals surface area contributed by atoms with Crippen LogP contribution in [0.25, 0.3) is 10.9 Å². The summed E-state index contributed by atoms with van der Waals surface area (Å²) in [6, 6.07) is 10.3. The summed E-state index contributed by atoms with van der Waals surface area (Å²) in [7, 11) is 0. The Bertz CT molecular complexity index is 1410. The van der Waals surface area contributed by atoms with E-state index in [0.29, 0.717) is 35.9 Å². The Morgan fingerprint density at radius 3 is 2.38 bits per heavy atom. The molecule has 2 aliphatic rings. The first-order valence-electron chi connectivity index (χ1n) is 13.5. The highest BCUT2D eigenvalue weighted by molar-refractivity contribution is 6.02. The number of carbonyl (C=O) groups is 2. The van der Waals surface area contributed by atoms with Crippen molar-refractivity contribution in [3.05, 3.63) is 70.3 Å². The predicted molar refractivity (Wildman–Crippen MR) is 147 cm³/mol. The third-order valence-corrected chi connectivity index (χ3v) is 7.91. The smallest absolute Gasteiger partial charge is 0.267 e. The van der Waals surface area contributed by atoms with Gasteiger partial charge in [0.05, 0.1) is 11.6 Å². The first-order chi connectivity index (χ1) is 18.7. The number of carbonyl (C=O) groups excluding carboxylic acids is 2. The van der Waals surface area contributed by atoms with Crippen molar-refractivity contribution >= 4 is 22.7 Å². The molecular weight excluding hydrogens is 498 g/mol. The van der Waals surface area contributed by atoms with Crippen LogP contribution in [0, 0.1) is 0 Å². The van der Waals surface area contributed by atoms with Crippen LogP contribution in [-0.2, 0) is 0 Å². The topological polar surface area (TPSA) is 137 Å². The maximum absolute atomic E-state index is 13.3. The Balaban J connectivity index is 1.23. The molecule has 2 aliphatic heterocycles. The number of fused-ring (bicyclic) bond motifs is 3. The normalized spacial score (nSPS) is 21.7. The molecule has 10 nitrogen and oxygen atoms in total. The first-order valence-corrected chi connectivity index (χ1v) is 13.5. The molecule has 2 amide bonds. The highest BCUT2D eigenvalue weighted by atomic mass is 16.3. The second kappa shape index (κ2) is 11.2. The van der Waals surface area contributed by atoms with E-state index in [-0.39, 0.29) is 47.9 Å². The molecule has 4 N–H and O–H groups in total. The number of piperidine rings is 1. The average Bonchev–Trinajstić information content (AvgIpc) is 3.14. The van der Waals surface area contributed by atoms with Crippen molar-refractivity contribution in [2.24, 2.45) is 0 Å². The number of benzene rings is 1. The molecule has 39 heavy (non-hydrogen) atoms. The molecule has 0 aliphatic carbocycles. The molecule has 2 saturated heterocycles. The fraction of sp³-hybridized carbons (Fsp3) is 0.448. The highest BCUT2D eigenvalue weighted by Crippen LogP contribution is 2.36. The molecule has 206 valence electrons. The Morgan fingerprint density at radius 2 is 1.72 bits per heavy atom. The largest absolute Gasteiger partial charge is 0.506 e. The van der Waals surface area contributed by atoms with Crippen LogP contribution in [0.3, 0.4) is 0 Å². The fourth-order valence-electron chi connectivity index (χ4n) is 6.14.